The van der Waals surface area contributed by atoms with Crippen LogP contribution in [-0.2, 0) is 17.8 Å². The van der Waals surface area contributed by atoms with Crippen molar-refractivity contribution in [1.29, 1.82) is 0 Å². The van der Waals surface area contributed by atoms with Crippen LogP contribution in [0.3, 0.4) is 0 Å². The summed E-state index contributed by atoms with van der Waals surface area (Å²) in [6, 6.07) is 11.6. The quantitative estimate of drug-likeness (QED) is 0.693. The monoisotopic (exact) mass is 310 g/mol. The molecule has 2 aromatic rings. The zero-order valence-corrected chi connectivity index (χ0v) is 12.0. The fourth-order valence-electron chi connectivity index (χ4n) is 1.65. The van der Waals surface area contributed by atoms with Gasteiger partial charge < -0.3 is 9.84 Å². The largest absolute Gasteiger partial charge is 0.426 e. The van der Waals surface area contributed by atoms with E-state index >= 15 is 0 Å². The molecule has 104 valence electrons. The van der Waals surface area contributed by atoms with Gasteiger partial charge in [-0.05, 0) is 35.4 Å². The van der Waals surface area contributed by atoms with Crippen molar-refractivity contribution in [3.63, 3.8) is 0 Å². The Labute approximate surface area is 126 Å². The second-order valence-electron chi connectivity index (χ2n) is 4.19. The number of halogens is 2. The third-order valence-electron chi connectivity index (χ3n) is 2.69. The second-order valence-corrected chi connectivity index (χ2v) is 5.03. The first-order valence-corrected chi connectivity index (χ1v) is 6.68. The lowest BCUT2D eigenvalue weighted by molar-refractivity contribution is -0.133. The molecule has 1 N–H and O–H groups in total. The number of aliphatic hydroxyl groups is 1. The number of rotatable bonds is 4. The van der Waals surface area contributed by atoms with Crippen molar-refractivity contribution in [3.8, 4) is 5.75 Å². The molecule has 0 aromatic heterocycles. The Morgan fingerprint density at radius 1 is 1.10 bits per heavy atom. The van der Waals surface area contributed by atoms with Gasteiger partial charge >= 0.3 is 5.97 Å². The summed E-state index contributed by atoms with van der Waals surface area (Å²) in [6.45, 7) is -0.0470. The average molecular weight is 311 g/mol. The third-order valence-corrected chi connectivity index (χ3v) is 3.27. The smallest absolute Gasteiger partial charge is 0.315 e. The van der Waals surface area contributed by atoms with E-state index < -0.39 is 5.97 Å². The van der Waals surface area contributed by atoms with E-state index in [1.807, 2.05) is 0 Å². The van der Waals surface area contributed by atoms with Crippen molar-refractivity contribution in [2.75, 3.05) is 0 Å². The lowest BCUT2D eigenvalue weighted by Crippen LogP contribution is -2.11. The molecule has 0 radical (unpaired) electrons. The first-order valence-electron chi connectivity index (χ1n) is 5.93. The predicted molar refractivity (Wildman–Crippen MR) is 78.2 cm³/mol. The molecular weight excluding hydrogens is 299 g/mol. The summed E-state index contributed by atoms with van der Waals surface area (Å²) < 4.78 is 5.19. The Bertz CT molecular complexity index is 609. The Morgan fingerprint density at radius 3 is 2.40 bits per heavy atom. The summed E-state index contributed by atoms with van der Waals surface area (Å²) in [5.74, 6) is 0.0169. The fraction of sp³-hybridized carbons (Fsp3) is 0.133. The lowest BCUT2D eigenvalue weighted by atomic mass is 10.1. The summed E-state index contributed by atoms with van der Waals surface area (Å²) in [4.78, 5) is 11.8. The Balaban J connectivity index is 2.01. The van der Waals surface area contributed by atoms with E-state index in [1.165, 1.54) is 0 Å². The van der Waals surface area contributed by atoms with Crippen LogP contribution in [0.2, 0.25) is 10.0 Å². The van der Waals surface area contributed by atoms with Gasteiger partial charge in [0.1, 0.15) is 5.75 Å². The highest BCUT2D eigenvalue weighted by molar-refractivity contribution is 6.35. The van der Waals surface area contributed by atoms with Crippen LogP contribution >= 0.6 is 23.2 Å². The molecule has 0 amide bonds. The van der Waals surface area contributed by atoms with Crippen LogP contribution in [0.1, 0.15) is 11.1 Å². The number of carbonyl (C=O) groups excluding carboxylic acids is 1. The molecule has 2 aromatic carbocycles. The molecular formula is C15H12Cl2O3. The molecule has 2 rings (SSSR count). The standard InChI is InChI=1S/C15H12Cl2O3/c16-12-4-3-11(14(17)8-12)7-15(19)20-13-5-1-10(9-18)2-6-13/h1-6,8,18H,7,9H2. The molecule has 0 aliphatic carbocycles. The number of hydrogen-bond donors (Lipinski definition) is 1. The average Bonchev–Trinajstić information content (AvgIpc) is 2.43. The summed E-state index contributed by atoms with van der Waals surface area (Å²) in [7, 11) is 0. The number of carbonyl (C=O) groups is 1. The van der Waals surface area contributed by atoms with Crippen LogP contribution in [-0.4, -0.2) is 11.1 Å². The molecule has 0 bridgehead atoms. The van der Waals surface area contributed by atoms with Gasteiger partial charge in [0, 0.05) is 10.0 Å². The fourth-order valence-corrected chi connectivity index (χ4v) is 2.13. The van der Waals surface area contributed by atoms with E-state index in [0.717, 1.165) is 5.56 Å². The minimum atomic E-state index is -0.411. The van der Waals surface area contributed by atoms with E-state index in [-0.39, 0.29) is 13.0 Å². The van der Waals surface area contributed by atoms with E-state index in [1.54, 1.807) is 42.5 Å². The number of benzene rings is 2. The predicted octanol–water partition coefficient (Wildman–Crippen LogP) is 3.63. The van der Waals surface area contributed by atoms with Crippen molar-refractivity contribution < 1.29 is 14.6 Å². The van der Waals surface area contributed by atoms with Crippen LogP contribution in [0.25, 0.3) is 0 Å². The van der Waals surface area contributed by atoms with Gasteiger partial charge in [0.2, 0.25) is 0 Å². The van der Waals surface area contributed by atoms with E-state index in [4.69, 9.17) is 33.0 Å². The summed E-state index contributed by atoms with van der Waals surface area (Å²) in [5, 5.41) is 9.88. The topological polar surface area (TPSA) is 46.5 Å². The molecule has 0 fully saturated rings. The first kappa shape index (κ1) is 14.9. The van der Waals surface area contributed by atoms with Crippen molar-refractivity contribution in [3.05, 3.63) is 63.6 Å². The maximum absolute atomic E-state index is 11.8. The van der Waals surface area contributed by atoms with Crippen molar-refractivity contribution in [2.45, 2.75) is 13.0 Å². The zero-order chi connectivity index (χ0) is 14.5. The van der Waals surface area contributed by atoms with Crippen LogP contribution in [0, 0.1) is 0 Å². The number of ether oxygens (including phenoxy) is 1. The van der Waals surface area contributed by atoms with E-state index in [2.05, 4.69) is 0 Å². The van der Waals surface area contributed by atoms with Crippen molar-refractivity contribution in [2.24, 2.45) is 0 Å². The molecule has 0 unspecified atom stereocenters. The highest BCUT2D eigenvalue weighted by Gasteiger charge is 2.10. The maximum Gasteiger partial charge on any atom is 0.315 e. The number of hydrogen-bond acceptors (Lipinski definition) is 3. The molecule has 0 heterocycles. The number of esters is 1. The number of aliphatic hydroxyl groups excluding tert-OH is 1. The SMILES string of the molecule is O=C(Cc1ccc(Cl)cc1Cl)Oc1ccc(CO)cc1. The molecule has 0 aliphatic heterocycles. The molecule has 0 saturated carbocycles. The van der Waals surface area contributed by atoms with Crippen LogP contribution in [0.5, 0.6) is 5.75 Å². The summed E-state index contributed by atoms with van der Waals surface area (Å²) in [5.41, 5.74) is 1.42. The van der Waals surface area contributed by atoms with Crippen LogP contribution < -0.4 is 4.74 Å². The van der Waals surface area contributed by atoms with Crippen molar-refractivity contribution in [1.82, 2.24) is 0 Å². The summed E-state index contributed by atoms with van der Waals surface area (Å²) >= 11 is 11.8. The van der Waals surface area contributed by atoms with E-state index in [0.29, 0.717) is 21.4 Å². The highest BCUT2D eigenvalue weighted by Crippen LogP contribution is 2.22. The van der Waals surface area contributed by atoms with Gasteiger partial charge in [0.25, 0.3) is 0 Å². The Morgan fingerprint density at radius 2 is 1.80 bits per heavy atom. The van der Waals surface area contributed by atoms with Crippen molar-refractivity contribution >= 4 is 29.2 Å². The Hall–Kier alpha value is -1.55. The molecule has 5 heteroatoms. The summed E-state index contributed by atoms with van der Waals surface area (Å²) in [6.07, 6.45) is 0.0672. The van der Waals surface area contributed by atoms with Crippen LogP contribution in [0.4, 0.5) is 0 Å². The maximum atomic E-state index is 11.8. The van der Waals surface area contributed by atoms with Gasteiger partial charge in [-0.3, -0.25) is 4.79 Å². The Kier molecular flexibility index (Phi) is 5.01. The highest BCUT2D eigenvalue weighted by atomic mass is 35.5. The van der Waals surface area contributed by atoms with Crippen LogP contribution in [0.15, 0.2) is 42.5 Å². The lowest BCUT2D eigenvalue weighted by Gasteiger charge is -2.06. The minimum absolute atomic E-state index is 0.0470. The van der Waals surface area contributed by atoms with Gasteiger partial charge in [0.15, 0.2) is 0 Å². The second kappa shape index (κ2) is 6.75. The molecule has 0 spiro atoms. The van der Waals surface area contributed by atoms with E-state index in [9.17, 15) is 4.79 Å². The minimum Gasteiger partial charge on any atom is -0.426 e. The van der Waals surface area contributed by atoms with Gasteiger partial charge in [-0.25, -0.2) is 0 Å². The zero-order valence-electron chi connectivity index (χ0n) is 10.5. The first-order chi connectivity index (χ1) is 9.58. The third kappa shape index (κ3) is 3.97. The van der Waals surface area contributed by atoms with Gasteiger partial charge in [0.05, 0.1) is 13.0 Å². The molecule has 3 nitrogen and oxygen atoms in total. The van der Waals surface area contributed by atoms with Gasteiger partial charge in [-0.15, -0.1) is 0 Å². The molecule has 0 saturated heterocycles. The molecule has 0 aliphatic rings. The molecule has 20 heavy (non-hydrogen) atoms. The normalized spacial score (nSPS) is 10.3. The van der Waals surface area contributed by atoms with Gasteiger partial charge in [-0.2, -0.15) is 0 Å². The van der Waals surface area contributed by atoms with Gasteiger partial charge in [-0.1, -0.05) is 41.4 Å². The molecule has 0 atom stereocenters.